The van der Waals surface area contributed by atoms with E-state index in [2.05, 4.69) is 21.2 Å². The average molecular weight is 389 g/mol. The fraction of sp³-hybridized carbons (Fsp3) is 0.222. The van der Waals surface area contributed by atoms with Gasteiger partial charge in [-0.2, -0.15) is 0 Å². The van der Waals surface area contributed by atoms with Crippen LogP contribution in [0, 0.1) is 0 Å². The number of nitrogens with zero attached hydrogens (tertiary/aromatic N) is 1. The molecule has 3 rings (SSSR count). The molecule has 2 amide bonds. The molecule has 6 heteroatoms. The monoisotopic (exact) mass is 388 g/mol. The third-order valence-electron chi connectivity index (χ3n) is 4.03. The lowest BCUT2D eigenvalue weighted by Gasteiger charge is -2.18. The first-order valence-electron chi connectivity index (χ1n) is 7.70. The van der Waals surface area contributed by atoms with Gasteiger partial charge in [-0.05, 0) is 47.4 Å². The van der Waals surface area contributed by atoms with Crippen LogP contribution in [0.15, 0.2) is 46.9 Å². The molecular weight excluding hydrogens is 372 g/mol. The second kappa shape index (κ2) is 7.05. The lowest BCUT2D eigenvalue weighted by atomic mass is 9.96. The molecule has 0 aromatic heterocycles. The molecule has 2 aromatic carbocycles. The smallest absolute Gasteiger partial charge is 0.321 e. The Hall–Kier alpha value is -2.34. The van der Waals surface area contributed by atoms with Crippen molar-refractivity contribution in [2.24, 2.45) is 0 Å². The quantitative estimate of drug-likeness (QED) is 0.820. The summed E-state index contributed by atoms with van der Waals surface area (Å²) in [5.74, 6) is -0.820. The highest BCUT2D eigenvalue weighted by Crippen LogP contribution is 2.31. The summed E-state index contributed by atoms with van der Waals surface area (Å²) >= 11 is 3.42. The molecule has 0 saturated carbocycles. The summed E-state index contributed by atoms with van der Waals surface area (Å²) in [5, 5.41) is 11.8. The zero-order chi connectivity index (χ0) is 17.1. The Balaban J connectivity index is 2.01. The van der Waals surface area contributed by atoms with Crippen LogP contribution in [0.2, 0.25) is 0 Å². The van der Waals surface area contributed by atoms with Gasteiger partial charge in [-0.1, -0.05) is 34.1 Å². The summed E-state index contributed by atoms with van der Waals surface area (Å²) < 4.78 is 0.980. The highest BCUT2D eigenvalue weighted by molar-refractivity contribution is 9.10. The van der Waals surface area contributed by atoms with E-state index in [0.717, 1.165) is 26.9 Å². The number of carbonyl (C=O) groups is 2. The highest BCUT2D eigenvalue weighted by atomic mass is 79.9. The molecule has 24 heavy (non-hydrogen) atoms. The first-order valence-corrected chi connectivity index (χ1v) is 8.50. The van der Waals surface area contributed by atoms with Crippen LogP contribution in [0.3, 0.4) is 0 Å². The number of anilines is 1. The summed E-state index contributed by atoms with van der Waals surface area (Å²) in [6.45, 7) is 1.26. The van der Waals surface area contributed by atoms with Gasteiger partial charge in [-0.3, -0.25) is 9.69 Å². The van der Waals surface area contributed by atoms with Gasteiger partial charge in [0.15, 0.2) is 0 Å². The number of hydrogen-bond acceptors (Lipinski definition) is 2. The molecule has 1 heterocycles. The summed E-state index contributed by atoms with van der Waals surface area (Å²) in [4.78, 5) is 24.5. The zero-order valence-electron chi connectivity index (χ0n) is 13.0. The van der Waals surface area contributed by atoms with Crippen molar-refractivity contribution >= 4 is 33.6 Å². The number of nitrogens with one attached hydrogen (secondary N) is 1. The first kappa shape index (κ1) is 16.5. The van der Waals surface area contributed by atoms with E-state index in [1.807, 2.05) is 42.5 Å². The van der Waals surface area contributed by atoms with E-state index in [9.17, 15) is 9.59 Å². The van der Waals surface area contributed by atoms with Gasteiger partial charge in [-0.15, -0.1) is 0 Å². The van der Waals surface area contributed by atoms with Crippen LogP contribution in [-0.2, 0) is 11.2 Å². The lowest BCUT2D eigenvalue weighted by Crippen LogP contribution is -2.27. The van der Waals surface area contributed by atoms with Crippen molar-refractivity contribution in [1.82, 2.24) is 5.32 Å². The lowest BCUT2D eigenvalue weighted by molar-refractivity contribution is -0.136. The normalized spacial score (nSPS) is 13.9. The van der Waals surface area contributed by atoms with Crippen molar-refractivity contribution in [2.45, 2.75) is 12.8 Å². The standard InChI is InChI=1S/C18H17BrN2O3/c19-14-5-1-12(2-6-14)16-11-15(21-10-9-20-18(21)24)7-3-13(16)4-8-17(22)23/h1-3,5-7,11H,4,8-10H2,(H,20,24)(H,22,23). The van der Waals surface area contributed by atoms with E-state index >= 15 is 0 Å². The van der Waals surface area contributed by atoms with Gasteiger partial charge in [0.1, 0.15) is 0 Å². The number of aryl methyl sites for hydroxylation is 1. The predicted octanol–water partition coefficient (Wildman–Crippen LogP) is 3.66. The Morgan fingerprint density at radius 3 is 2.58 bits per heavy atom. The Labute approximate surface area is 148 Å². The topological polar surface area (TPSA) is 69.6 Å². The third-order valence-corrected chi connectivity index (χ3v) is 4.55. The molecule has 1 aliphatic heterocycles. The van der Waals surface area contributed by atoms with Gasteiger partial charge in [-0.25, -0.2) is 4.79 Å². The molecule has 0 unspecified atom stereocenters. The van der Waals surface area contributed by atoms with Crippen molar-refractivity contribution in [1.29, 1.82) is 0 Å². The van der Waals surface area contributed by atoms with Crippen LogP contribution in [0.5, 0.6) is 0 Å². The predicted molar refractivity (Wildman–Crippen MR) is 96.3 cm³/mol. The average Bonchev–Trinajstić information content (AvgIpc) is 2.99. The van der Waals surface area contributed by atoms with Crippen molar-refractivity contribution in [3.63, 3.8) is 0 Å². The van der Waals surface area contributed by atoms with Gasteiger partial charge in [0.05, 0.1) is 0 Å². The highest BCUT2D eigenvalue weighted by Gasteiger charge is 2.22. The van der Waals surface area contributed by atoms with Crippen molar-refractivity contribution in [2.75, 3.05) is 18.0 Å². The van der Waals surface area contributed by atoms with Gasteiger partial charge in [0.2, 0.25) is 0 Å². The minimum absolute atomic E-state index is 0.0765. The fourth-order valence-electron chi connectivity index (χ4n) is 2.81. The minimum atomic E-state index is -0.820. The molecule has 0 aliphatic carbocycles. The number of carboxylic acid groups (broad SMARTS) is 1. The summed E-state index contributed by atoms with van der Waals surface area (Å²) in [6, 6.07) is 13.5. The van der Waals surface area contributed by atoms with Crippen molar-refractivity contribution in [3.8, 4) is 11.1 Å². The molecule has 0 atom stereocenters. The van der Waals surface area contributed by atoms with E-state index < -0.39 is 5.97 Å². The maximum atomic E-state index is 11.9. The number of urea groups is 1. The molecule has 0 spiro atoms. The van der Waals surface area contributed by atoms with Crippen LogP contribution in [0.4, 0.5) is 10.5 Å². The molecule has 2 N–H and O–H groups in total. The number of halogens is 1. The molecule has 2 aromatic rings. The van der Waals surface area contributed by atoms with E-state index in [1.165, 1.54) is 0 Å². The Morgan fingerprint density at radius 1 is 1.21 bits per heavy atom. The molecule has 0 bridgehead atoms. The number of benzene rings is 2. The van der Waals surface area contributed by atoms with E-state index in [-0.39, 0.29) is 12.5 Å². The van der Waals surface area contributed by atoms with E-state index in [1.54, 1.807) is 4.90 Å². The summed E-state index contributed by atoms with van der Waals surface area (Å²) in [7, 11) is 0. The summed E-state index contributed by atoms with van der Waals surface area (Å²) in [5.41, 5.74) is 3.74. The number of carbonyl (C=O) groups excluding carboxylic acids is 1. The SMILES string of the molecule is O=C(O)CCc1ccc(N2CCNC2=O)cc1-c1ccc(Br)cc1. The second-order valence-corrected chi connectivity index (χ2v) is 6.54. The molecule has 1 fully saturated rings. The molecule has 1 aliphatic rings. The van der Waals surface area contributed by atoms with Crippen molar-refractivity contribution in [3.05, 3.63) is 52.5 Å². The number of carboxylic acids is 1. The second-order valence-electron chi connectivity index (χ2n) is 5.63. The largest absolute Gasteiger partial charge is 0.481 e. The molecular formula is C18H17BrN2O3. The number of hydrogen-bond donors (Lipinski definition) is 2. The molecule has 5 nitrogen and oxygen atoms in total. The molecule has 1 saturated heterocycles. The zero-order valence-corrected chi connectivity index (χ0v) is 14.5. The molecule has 124 valence electrons. The van der Waals surface area contributed by atoms with E-state index in [0.29, 0.717) is 19.5 Å². The van der Waals surface area contributed by atoms with Gasteiger partial charge < -0.3 is 10.4 Å². The molecule has 0 radical (unpaired) electrons. The third kappa shape index (κ3) is 3.59. The van der Waals surface area contributed by atoms with Crippen molar-refractivity contribution < 1.29 is 14.7 Å². The van der Waals surface area contributed by atoms with Crippen LogP contribution in [-0.4, -0.2) is 30.2 Å². The van der Waals surface area contributed by atoms with Gasteiger partial charge in [0.25, 0.3) is 0 Å². The number of amides is 2. The van der Waals surface area contributed by atoms with Gasteiger partial charge >= 0.3 is 12.0 Å². The van der Waals surface area contributed by atoms with Gasteiger partial charge in [0, 0.05) is 29.7 Å². The Kier molecular flexibility index (Phi) is 4.85. The fourth-order valence-corrected chi connectivity index (χ4v) is 3.07. The Morgan fingerprint density at radius 2 is 1.96 bits per heavy atom. The minimum Gasteiger partial charge on any atom is -0.481 e. The Bertz CT molecular complexity index is 774. The number of rotatable bonds is 5. The van der Waals surface area contributed by atoms with Crippen LogP contribution in [0.1, 0.15) is 12.0 Å². The number of aliphatic carboxylic acids is 1. The van der Waals surface area contributed by atoms with Crippen LogP contribution >= 0.6 is 15.9 Å². The first-order chi connectivity index (χ1) is 11.5. The van der Waals surface area contributed by atoms with Crippen LogP contribution in [0.25, 0.3) is 11.1 Å². The van der Waals surface area contributed by atoms with Crippen LogP contribution < -0.4 is 10.2 Å². The maximum absolute atomic E-state index is 11.9. The maximum Gasteiger partial charge on any atom is 0.321 e. The van der Waals surface area contributed by atoms with E-state index in [4.69, 9.17) is 5.11 Å². The summed E-state index contributed by atoms with van der Waals surface area (Å²) in [6.07, 6.45) is 0.528.